The van der Waals surface area contributed by atoms with Gasteiger partial charge in [0.2, 0.25) is 0 Å². The van der Waals surface area contributed by atoms with Gasteiger partial charge >= 0.3 is 6.98 Å². The zero-order valence-corrected chi connectivity index (χ0v) is 9.90. The van der Waals surface area contributed by atoms with E-state index in [1.807, 2.05) is 0 Å². The van der Waals surface area contributed by atoms with Crippen LogP contribution < -0.4 is 10.3 Å². The van der Waals surface area contributed by atoms with Gasteiger partial charge in [-0.1, -0.05) is 0 Å². The zero-order chi connectivity index (χ0) is 13.3. The fraction of sp³-hybridized carbons (Fsp3) is 0.182. The van der Waals surface area contributed by atoms with Gasteiger partial charge < -0.3 is 22.4 Å². The molecule has 1 aromatic carbocycles. The first-order chi connectivity index (χ1) is 8.41. The summed E-state index contributed by atoms with van der Waals surface area (Å²) in [6.07, 6.45) is 0. The van der Waals surface area contributed by atoms with Crippen LogP contribution >= 0.6 is 0 Å². The fourth-order valence-electron chi connectivity index (χ4n) is 1.69. The summed E-state index contributed by atoms with van der Waals surface area (Å²) in [5.41, 5.74) is 0.216. The maximum absolute atomic E-state index is 12.7. The van der Waals surface area contributed by atoms with Crippen LogP contribution in [0.4, 0.5) is 12.9 Å². The molecule has 0 aliphatic heterocycles. The lowest BCUT2D eigenvalue weighted by molar-refractivity contribution is 0.415. The molecule has 0 radical (unpaired) electrons. The topological polar surface area (TPSA) is 27.1 Å². The van der Waals surface area contributed by atoms with Crippen molar-refractivity contribution >= 4 is 12.6 Å². The van der Waals surface area contributed by atoms with Gasteiger partial charge in [-0.2, -0.15) is 5.10 Å². The number of hydrogen-bond acceptors (Lipinski definition) is 2. The summed E-state index contributed by atoms with van der Waals surface area (Å²) in [6.45, 7) is -5.04. The van der Waals surface area contributed by atoms with E-state index in [2.05, 4.69) is 5.10 Å². The van der Waals surface area contributed by atoms with Crippen molar-refractivity contribution in [1.82, 2.24) is 9.78 Å². The van der Waals surface area contributed by atoms with Gasteiger partial charge in [-0.15, -0.1) is 0 Å². The van der Waals surface area contributed by atoms with E-state index in [0.717, 1.165) is 10.7 Å². The Morgan fingerprint density at radius 3 is 2.22 bits per heavy atom. The van der Waals surface area contributed by atoms with E-state index in [-0.39, 0.29) is 0 Å². The fourth-order valence-corrected chi connectivity index (χ4v) is 1.69. The number of hydrogen-bond donors (Lipinski definition) is 0. The summed E-state index contributed by atoms with van der Waals surface area (Å²) in [5, 5.41) is 3.87. The molecule has 1 heterocycles. The van der Waals surface area contributed by atoms with Gasteiger partial charge in [-0.25, -0.2) is 0 Å². The van der Waals surface area contributed by atoms with Gasteiger partial charge in [0, 0.05) is 12.6 Å². The molecule has 3 nitrogen and oxygen atoms in total. The van der Waals surface area contributed by atoms with Crippen LogP contribution in [0.3, 0.4) is 0 Å². The predicted octanol–water partition coefficient (Wildman–Crippen LogP) is 2.15. The smallest absolute Gasteiger partial charge is 0.497 e. The normalized spacial score (nSPS) is 11.6. The third kappa shape index (κ3) is 2.34. The molecule has 0 fully saturated rings. The molecule has 7 heteroatoms. The Morgan fingerprint density at radius 1 is 1.17 bits per heavy atom. The van der Waals surface area contributed by atoms with E-state index in [1.165, 1.54) is 14.2 Å². The molecule has 2 rings (SSSR count). The van der Waals surface area contributed by atoms with E-state index < -0.39 is 12.6 Å². The molecule has 0 amide bonds. The molecule has 0 aliphatic carbocycles. The maximum Gasteiger partial charge on any atom is 0.527 e. The van der Waals surface area contributed by atoms with E-state index in [9.17, 15) is 12.9 Å². The van der Waals surface area contributed by atoms with Crippen LogP contribution in [-0.4, -0.2) is 23.9 Å². The number of aromatic nitrogens is 2. The lowest BCUT2D eigenvalue weighted by Crippen LogP contribution is -2.39. The lowest BCUT2D eigenvalue weighted by atomic mass is 9.85. The maximum atomic E-state index is 12.7. The van der Waals surface area contributed by atoms with Crippen molar-refractivity contribution in [3.8, 4) is 17.0 Å². The van der Waals surface area contributed by atoms with Crippen LogP contribution in [0.5, 0.6) is 5.75 Å². The third-order valence-electron chi connectivity index (χ3n) is 2.64. The third-order valence-corrected chi connectivity index (χ3v) is 2.64. The molecule has 0 aliphatic rings. The minimum atomic E-state index is -5.04. The van der Waals surface area contributed by atoms with Crippen LogP contribution in [0.25, 0.3) is 11.3 Å². The summed E-state index contributed by atoms with van der Waals surface area (Å²) in [4.78, 5) is 0. The molecular weight excluding hydrogens is 244 g/mol. The molecule has 0 N–H and O–H groups in total. The van der Waals surface area contributed by atoms with Crippen molar-refractivity contribution in [3.05, 3.63) is 30.3 Å². The van der Waals surface area contributed by atoms with Crippen molar-refractivity contribution < 1.29 is 17.7 Å². The molecular formula is C11H11BF3N2O-. The largest absolute Gasteiger partial charge is 0.527 e. The Kier molecular flexibility index (Phi) is 3.06. The van der Waals surface area contributed by atoms with Gasteiger partial charge in [0.1, 0.15) is 5.75 Å². The molecule has 1 aromatic heterocycles. The van der Waals surface area contributed by atoms with E-state index in [0.29, 0.717) is 17.0 Å². The SMILES string of the molecule is COc1ccc(-c2cc([B-](F)(F)F)n(C)n2)cc1. The first-order valence-electron chi connectivity index (χ1n) is 5.30. The predicted molar refractivity (Wildman–Crippen MR) is 63.9 cm³/mol. The van der Waals surface area contributed by atoms with Gasteiger partial charge in [0.15, 0.2) is 0 Å². The molecule has 96 valence electrons. The molecule has 0 saturated carbocycles. The second-order valence-electron chi connectivity index (χ2n) is 3.88. The van der Waals surface area contributed by atoms with Crippen LogP contribution in [0, 0.1) is 0 Å². The van der Waals surface area contributed by atoms with Crippen LogP contribution in [0.1, 0.15) is 0 Å². The minimum Gasteiger partial charge on any atom is -0.497 e. The number of ether oxygens (including phenoxy) is 1. The Labute approximate surface area is 102 Å². The molecule has 0 saturated heterocycles. The number of aryl methyl sites for hydroxylation is 1. The van der Waals surface area contributed by atoms with Crippen molar-refractivity contribution in [2.75, 3.05) is 7.11 Å². The number of halogens is 3. The first kappa shape index (κ1) is 12.5. The number of nitrogens with zero attached hydrogens (tertiary/aromatic N) is 2. The summed E-state index contributed by atoms with van der Waals surface area (Å²) in [5.74, 6) is 0.648. The van der Waals surface area contributed by atoms with Crippen molar-refractivity contribution in [1.29, 1.82) is 0 Å². The Morgan fingerprint density at radius 2 is 1.78 bits per heavy atom. The first-order valence-corrected chi connectivity index (χ1v) is 5.30. The number of methoxy groups -OCH3 is 1. The highest BCUT2D eigenvalue weighted by Crippen LogP contribution is 2.21. The zero-order valence-electron chi connectivity index (χ0n) is 9.90. The van der Waals surface area contributed by atoms with Crippen molar-refractivity contribution in [2.24, 2.45) is 7.05 Å². The lowest BCUT2D eigenvalue weighted by Gasteiger charge is -2.13. The van der Waals surface area contributed by atoms with Gasteiger partial charge in [0.25, 0.3) is 0 Å². The van der Waals surface area contributed by atoms with E-state index >= 15 is 0 Å². The summed E-state index contributed by atoms with van der Waals surface area (Å²) < 4.78 is 43.9. The Hall–Kier alpha value is -1.92. The average molecular weight is 255 g/mol. The summed E-state index contributed by atoms with van der Waals surface area (Å²) in [7, 11) is 2.82. The highest BCUT2D eigenvalue weighted by atomic mass is 19.4. The Bertz CT molecular complexity index is 548. The second kappa shape index (κ2) is 4.40. The minimum absolute atomic E-state index is 0.300. The van der Waals surface area contributed by atoms with Crippen molar-refractivity contribution in [3.63, 3.8) is 0 Å². The number of rotatable bonds is 3. The number of benzene rings is 1. The summed E-state index contributed by atoms with van der Waals surface area (Å²) in [6, 6.07) is 7.77. The van der Waals surface area contributed by atoms with Gasteiger partial charge in [0.05, 0.1) is 12.8 Å². The molecule has 2 aromatic rings. The molecule has 18 heavy (non-hydrogen) atoms. The van der Waals surface area contributed by atoms with Crippen molar-refractivity contribution in [2.45, 2.75) is 0 Å². The highest BCUT2D eigenvalue weighted by Gasteiger charge is 2.30. The molecule has 0 spiro atoms. The van der Waals surface area contributed by atoms with Crippen LogP contribution in [-0.2, 0) is 7.05 Å². The van der Waals surface area contributed by atoms with E-state index in [4.69, 9.17) is 4.74 Å². The van der Waals surface area contributed by atoms with Crippen LogP contribution in [0.15, 0.2) is 30.3 Å². The summed E-state index contributed by atoms with van der Waals surface area (Å²) >= 11 is 0. The quantitative estimate of drug-likeness (QED) is 0.785. The molecule has 0 bridgehead atoms. The second-order valence-corrected chi connectivity index (χ2v) is 3.88. The Balaban J connectivity index is 2.39. The van der Waals surface area contributed by atoms with E-state index in [1.54, 1.807) is 24.3 Å². The van der Waals surface area contributed by atoms with Gasteiger partial charge in [-0.3, -0.25) is 0 Å². The molecule has 0 atom stereocenters. The standard InChI is InChI=1S/C11H11BF3N2O/c1-17-11(12(13,14)15)7-10(16-17)8-3-5-9(18-2)6-4-8/h3-7H,1-2H3/q-1. The van der Waals surface area contributed by atoms with Crippen LogP contribution in [0.2, 0.25) is 0 Å². The highest BCUT2D eigenvalue weighted by molar-refractivity contribution is 6.72. The average Bonchev–Trinajstić information content (AvgIpc) is 2.71. The molecule has 0 unspecified atom stereocenters. The van der Waals surface area contributed by atoms with Gasteiger partial charge in [-0.05, 0) is 35.9 Å². The monoisotopic (exact) mass is 255 g/mol.